The number of hydrogen-bond acceptors (Lipinski definition) is 4. The Balaban J connectivity index is 3.96. The van der Waals surface area contributed by atoms with E-state index in [1.165, 1.54) is 0 Å². The Morgan fingerprint density at radius 3 is 0.829 bits per heavy atom. The van der Waals surface area contributed by atoms with E-state index in [-0.39, 0.29) is 0 Å². The zero-order chi connectivity index (χ0) is 28.1. The van der Waals surface area contributed by atoms with E-state index >= 15 is 0 Å². The van der Waals surface area contributed by atoms with Crippen LogP contribution in [-0.4, -0.2) is 68.1 Å². The van der Waals surface area contributed by atoms with Crippen LogP contribution in [0, 0.1) is 0 Å². The van der Waals surface area contributed by atoms with E-state index in [4.69, 9.17) is 0 Å². The van der Waals surface area contributed by atoms with Crippen molar-refractivity contribution in [2.75, 3.05) is 12.8 Å². The summed E-state index contributed by atoms with van der Waals surface area (Å²) in [5, 5.41) is 0. The molecule has 1 saturated heterocycles. The molecule has 0 aliphatic carbocycles. The maximum absolute atomic E-state index is 12.9. The Labute approximate surface area is 180 Å². The normalized spacial score (nSPS) is 21.6. The molecular formula is C12H9F18O4P. The molecule has 0 radical (unpaired) electrons. The summed E-state index contributed by atoms with van der Waals surface area (Å²) >= 11 is 0. The number of hydrogen-bond donors (Lipinski definition) is 0. The van der Waals surface area contributed by atoms with Gasteiger partial charge in [-0.2, -0.15) is 0 Å². The van der Waals surface area contributed by atoms with Gasteiger partial charge in [-0.25, -0.2) is 0 Å². The second-order valence-electron chi connectivity index (χ2n) is 6.58. The van der Waals surface area contributed by atoms with E-state index in [2.05, 4.69) is 18.1 Å². The van der Waals surface area contributed by atoms with Crippen LogP contribution >= 0.6 is 7.51 Å². The molecule has 0 atom stereocenters. The Bertz CT molecular complexity index is 592. The molecule has 0 saturated carbocycles. The summed E-state index contributed by atoms with van der Waals surface area (Å²) < 4.78 is 246. The second-order valence-corrected chi connectivity index (χ2v) is 9.85. The molecular weight excluding hydrogens is 581 g/mol. The van der Waals surface area contributed by atoms with Gasteiger partial charge < -0.3 is 0 Å². The van der Waals surface area contributed by atoms with Crippen molar-refractivity contribution in [2.45, 2.75) is 61.8 Å². The predicted molar refractivity (Wildman–Crippen MR) is 73.3 cm³/mol. The Morgan fingerprint density at radius 1 is 0.457 bits per heavy atom. The Hall–Kier alpha value is -0.990. The van der Waals surface area contributed by atoms with Gasteiger partial charge in [0.05, 0.1) is 0 Å². The molecule has 1 aliphatic rings. The fourth-order valence-corrected chi connectivity index (χ4v) is 6.32. The molecule has 0 aromatic carbocycles. The van der Waals surface area contributed by atoms with Gasteiger partial charge in [-0.05, 0) is 0 Å². The second kappa shape index (κ2) is 9.09. The van der Waals surface area contributed by atoms with Crippen LogP contribution in [0.25, 0.3) is 0 Å². The molecule has 23 heteroatoms. The van der Waals surface area contributed by atoms with E-state index < -0.39 is 82.1 Å². The van der Waals surface area contributed by atoms with E-state index in [0.29, 0.717) is 0 Å². The number of rotatable bonds is 6. The maximum atomic E-state index is 12.9. The van der Waals surface area contributed by atoms with Gasteiger partial charge in [-0.1, -0.05) is 0 Å². The quantitative estimate of drug-likeness (QED) is 0.244. The third-order valence-electron chi connectivity index (χ3n) is 3.72. The van der Waals surface area contributed by atoms with Crippen molar-refractivity contribution in [3.8, 4) is 0 Å². The van der Waals surface area contributed by atoms with E-state index in [9.17, 15) is 79.0 Å². The summed E-state index contributed by atoms with van der Waals surface area (Å²) in [6, 6.07) is 0. The van der Waals surface area contributed by atoms with Gasteiger partial charge in [0.15, 0.2) is 0 Å². The van der Waals surface area contributed by atoms with Crippen LogP contribution in [0.4, 0.5) is 79.0 Å². The van der Waals surface area contributed by atoms with Crippen LogP contribution in [-0.2, 0) is 18.1 Å². The van der Waals surface area contributed by atoms with Gasteiger partial charge >= 0.3 is 179 Å². The molecule has 1 rings (SSSR count). The van der Waals surface area contributed by atoms with Crippen LogP contribution < -0.4 is 0 Å². The number of halogens is 18. The zero-order valence-electron chi connectivity index (χ0n) is 15.7. The monoisotopic (exact) mass is 590 g/mol. The van der Waals surface area contributed by atoms with Crippen molar-refractivity contribution in [1.82, 2.24) is 0 Å². The average Bonchev–Trinajstić information content (AvgIpc) is 2.96. The van der Waals surface area contributed by atoms with Crippen molar-refractivity contribution in [2.24, 2.45) is 0 Å². The van der Waals surface area contributed by atoms with Crippen molar-refractivity contribution in [1.29, 1.82) is 0 Å². The van der Waals surface area contributed by atoms with Gasteiger partial charge in [0.25, 0.3) is 0 Å². The summed E-state index contributed by atoms with van der Waals surface area (Å²) in [5.41, 5.74) is 0. The molecule has 4 nitrogen and oxygen atoms in total. The van der Waals surface area contributed by atoms with Crippen LogP contribution in [0.2, 0.25) is 0 Å². The molecule has 1 heterocycles. The van der Waals surface area contributed by atoms with E-state index in [0.717, 1.165) is 0 Å². The minimum atomic E-state index is -8.37. The third kappa shape index (κ3) is 7.75. The summed E-state index contributed by atoms with van der Waals surface area (Å²) in [7, 11) is -8.37. The molecule has 0 unspecified atom stereocenters. The predicted octanol–water partition coefficient (Wildman–Crippen LogP) is 7.15. The van der Waals surface area contributed by atoms with Gasteiger partial charge in [0.2, 0.25) is 0 Å². The first-order valence-corrected chi connectivity index (χ1v) is 10.3. The van der Waals surface area contributed by atoms with Gasteiger partial charge in [0.1, 0.15) is 0 Å². The first-order valence-electron chi connectivity index (χ1n) is 8.18. The topological polar surface area (TPSA) is 36.9 Å². The molecule has 0 N–H and O–H groups in total. The van der Waals surface area contributed by atoms with Gasteiger partial charge in [0, 0.05) is 0 Å². The fourth-order valence-electron chi connectivity index (χ4n) is 2.48. The van der Waals surface area contributed by atoms with Gasteiger partial charge in [-0.15, -0.1) is 0 Å². The van der Waals surface area contributed by atoms with E-state index in [1.807, 2.05) is 0 Å². The summed E-state index contributed by atoms with van der Waals surface area (Å²) in [6.45, 7) is -1.61. The van der Waals surface area contributed by atoms with Crippen molar-refractivity contribution in [3.05, 3.63) is 0 Å². The Morgan fingerprint density at radius 2 is 0.686 bits per heavy atom. The van der Waals surface area contributed by atoms with Crippen LogP contribution in [0.15, 0.2) is 0 Å². The molecule has 1 fully saturated rings. The van der Waals surface area contributed by atoms with Crippen LogP contribution in [0.5, 0.6) is 0 Å². The molecule has 0 aromatic rings. The summed E-state index contributed by atoms with van der Waals surface area (Å²) in [5.74, 6) is 0. The van der Waals surface area contributed by atoms with Crippen LogP contribution in [0.1, 0.15) is 6.42 Å². The van der Waals surface area contributed by atoms with Crippen LogP contribution in [0.3, 0.4) is 0 Å². The molecule has 0 spiro atoms. The van der Waals surface area contributed by atoms with Crippen molar-refractivity contribution < 1.29 is 97.1 Å². The molecule has 0 bridgehead atoms. The fraction of sp³-hybridized carbons (Fsp3) is 1.00. The Kier molecular flexibility index (Phi) is 8.32. The molecule has 0 aromatic heterocycles. The zero-order valence-corrected chi connectivity index (χ0v) is 16.6. The molecule has 35 heavy (non-hydrogen) atoms. The third-order valence-corrected chi connectivity index (χ3v) is 7.30. The summed E-state index contributed by atoms with van der Waals surface area (Å²) in [4.78, 5) is 0. The molecule has 0 amide bonds. The van der Waals surface area contributed by atoms with E-state index in [1.54, 1.807) is 0 Å². The molecule has 1 aliphatic heterocycles. The number of alkyl halides is 18. The van der Waals surface area contributed by atoms with Gasteiger partial charge in [-0.3, -0.25) is 0 Å². The minimum absolute atomic E-state index is 1.33. The first kappa shape index (κ1) is 32.0. The SMILES string of the molecule is FC(F)(F)C(OP1(OC(C(F)(F)F)C(F)(F)F)(OC(C(F)(F)F)C(F)(F)F)CCCO1)C(F)(F)F. The summed E-state index contributed by atoms with van der Waals surface area (Å²) in [6.07, 6.45) is -61.7. The molecule has 212 valence electrons. The van der Waals surface area contributed by atoms with Crippen molar-refractivity contribution in [3.63, 3.8) is 0 Å². The standard InChI is InChI=1S/C12H9F18O4P/c13-7(14,15)4(8(16,17)18)32-35(3-1-2-31-35,33-5(9(19,20)21)10(22,23)24)34-6(11(25,26)27)12(28,29)30/h4-6H,1-3H2. The van der Waals surface area contributed by atoms with Crippen molar-refractivity contribution >= 4 is 7.51 Å². The average molecular weight is 590 g/mol. The first-order chi connectivity index (χ1) is 15.0.